The van der Waals surface area contributed by atoms with E-state index >= 15 is 0 Å². The third-order valence-corrected chi connectivity index (χ3v) is 4.63. The summed E-state index contributed by atoms with van der Waals surface area (Å²) in [7, 11) is -3.18. The van der Waals surface area contributed by atoms with Crippen molar-refractivity contribution in [2.45, 2.75) is 18.4 Å². The topological polar surface area (TPSA) is 59.1 Å². The van der Waals surface area contributed by atoms with Gasteiger partial charge < -0.3 is 5.32 Å². The zero-order valence-electron chi connectivity index (χ0n) is 11.0. The van der Waals surface area contributed by atoms with E-state index in [4.69, 9.17) is 0 Å². The largest absolute Gasteiger partial charge is 0.364 e. The molecule has 106 valence electrons. The number of rotatable bonds is 5. The molecule has 2 aromatic rings. The molecule has 0 aliphatic heterocycles. The number of pyridine rings is 1. The van der Waals surface area contributed by atoms with E-state index in [9.17, 15) is 12.8 Å². The van der Waals surface area contributed by atoms with E-state index in [1.165, 1.54) is 18.3 Å². The molecule has 1 N–H and O–H groups in total. The van der Waals surface area contributed by atoms with Gasteiger partial charge in [-0.2, -0.15) is 0 Å². The van der Waals surface area contributed by atoms with Crippen molar-refractivity contribution in [2.24, 2.45) is 0 Å². The zero-order chi connectivity index (χ0) is 14.6. The molecule has 0 radical (unpaired) electrons. The van der Waals surface area contributed by atoms with Crippen LogP contribution in [0.2, 0.25) is 0 Å². The van der Waals surface area contributed by atoms with Crippen LogP contribution in [-0.4, -0.2) is 19.2 Å². The highest BCUT2D eigenvalue weighted by atomic mass is 32.2. The number of anilines is 1. The van der Waals surface area contributed by atoms with Crippen LogP contribution < -0.4 is 5.32 Å². The normalized spacial score (nSPS) is 11.3. The van der Waals surface area contributed by atoms with Crippen molar-refractivity contribution in [3.05, 3.63) is 54.0 Å². The first-order chi connectivity index (χ1) is 9.53. The molecule has 0 bridgehead atoms. The van der Waals surface area contributed by atoms with Crippen LogP contribution in [0.15, 0.2) is 47.5 Å². The Morgan fingerprint density at radius 2 is 1.90 bits per heavy atom. The summed E-state index contributed by atoms with van der Waals surface area (Å²) in [5, 5.41) is 2.87. The van der Waals surface area contributed by atoms with E-state index in [2.05, 4.69) is 10.3 Å². The molecule has 0 aliphatic carbocycles. The average molecular weight is 294 g/mol. The van der Waals surface area contributed by atoms with E-state index in [0.29, 0.717) is 11.4 Å². The van der Waals surface area contributed by atoms with Crippen LogP contribution in [0.3, 0.4) is 0 Å². The van der Waals surface area contributed by atoms with Gasteiger partial charge in [0.2, 0.25) is 0 Å². The Balaban J connectivity index is 2.07. The first kappa shape index (κ1) is 14.5. The standard InChI is InChI=1S/C14H15FN2O2S/c1-2-20(18,19)12-7-5-11(6-8-12)10-17-14-13(15)4-3-9-16-14/h3-9H,2,10H2,1H3,(H,16,17). The van der Waals surface area contributed by atoms with Crippen LogP contribution in [0.5, 0.6) is 0 Å². The van der Waals surface area contributed by atoms with Gasteiger partial charge in [-0.1, -0.05) is 19.1 Å². The summed E-state index contributed by atoms with van der Waals surface area (Å²) in [6.45, 7) is 1.98. The minimum atomic E-state index is -3.18. The molecule has 1 heterocycles. The summed E-state index contributed by atoms with van der Waals surface area (Å²) in [5.74, 6) is -0.167. The number of hydrogen-bond acceptors (Lipinski definition) is 4. The van der Waals surface area contributed by atoms with Crippen molar-refractivity contribution in [3.63, 3.8) is 0 Å². The summed E-state index contributed by atoms with van der Waals surface area (Å²) >= 11 is 0. The van der Waals surface area contributed by atoms with Gasteiger partial charge in [0.1, 0.15) is 0 Å². The smallest absolute Gasteiger partial charge is 0.178 e. The number of hydrogen-bond donors (Lipinski definition) is 1. The fraction of sp³-hybridized carbons (Fsp3) is 0.214. The van der Waals surface area contributed by atoms with E-state index in [0.717, 1.165) is 5.56 Å². The lowest BCUT2D eigenvalue weighted by Gasteiger charge is -2.07. The van der Waals surface area contributed by atoms with E-state index in [1.54, 1.807) is 31.2 Å². The Labute approximate surface area is 117 Å². The van der Waals surface area contributed by atoms with Gasteiger partial charge in [0.05, 0.1) is 10.6 Å². The summed E-state index contributed by atoms with van der Waals surface area (Å²) in [6, 6.07) is 9.37. The lowest BCUT2D eigenvalue weighted by molar-refractivity contribution is 0.597. The monoisotopic (exact) mass is 294 g/mol. The number of halogens is 1. The SMILES string of the molecule is CCS(=O)(=O)c1ccc(CNc2ncccc2F)cc1. The number of aromatic nitrogens is 1. The molecule has 6 heteroatoms. The molecule has 2 rings (SSSR count). The highest BCUT2D eigenvalue weighted by molar-refractivity contribution is 7.91. The Bertz CT molecular complexity index is 685. The molecular formula is C14H15FN2O2S. The summed E-state index contributed by atoms with van der Waals surface area (Å²) in [4.78, 5) is 4.18. The first-order valence-corrected chi connectivity index (χ1v) is 7.84. The third kappa shape index (κ3) is 3.33. The number of sulfone groups is 1. The lowest BCUT2D eigenvalue weighted by atomic mass is 10.2. The minimum Gasteiger partial charge on any atom is -0.364 e. The van der Waals surface area contributed by atoms with Crippen LogP contribution in [0.1, 0.15) is 12.5 Å². The highest BCUT2D eigenvalue weighted by Gasteiger charge is 2.10. The van der Waals surface area contributed by atoms with Gasteiger partial charge in [0, 0.05) is 12.7 Å². The summed E-state index contributed by atoms with van der Waals surface area (Å²) < 4.78 is 36.7. The Morgan fingerprint density at radius 1 is 1.20 bits per heavy atom. The maximum atomic E-state index is 13.4. The first-order valence-electron chi connectivity index (χ1n) is 6.19. The van der Waals surface area contributed by atoms with Crippen LogP contribution in [0.4, 0.5) is 10.2 Å². The van der Waals surface area contributed by atoms with Gasteiger partial charge in [-0.15, -0.1) is 0 Å². The van der Waals surface area contributed by atoms with Crippen molar-refractivity contribution < 1.29 is 12.8 Å². The molecule has 0 saturated carbocycles. The van der Waals surface area contributed by atoms with E-state index in [-0.39, 0.29) is 11.6 Å². The summed E-state index contributed by atoms with van der Waals surface area (Å²) in [6.07, 6.45) is 1.50. The molecule has 0 atom stereocenters. The second-order valence-corrected chi connectivity index (χ2v) is 6.51. The fourth-order valence-electron chi connectivity index (χ4n) is 1.68. The average Bonchev–Trinajstić information content (AvgIpc) is 2.47. The third-order valence-electron chi connectivity index (χ3n) is 2.88. The van der Waals surface area contributed by atoms with Gasteiger partial charge in [0.25, 0.3) is 0 Å². The van der Waals surface area contributed by atoms with Crippen LogP contribution in [-0.2, 0) is 16.4 Å². The predicted octanol–water partition coefficient (Wildman–Crippen LogP) is 2.63. The Morgan fingerprint density at radius 3 is 2.50 bits per heavy atom. The summed E-state index contributed by atoms with van der Waals surface area (Å²) in [5.41, 5.74) is 0.852. The lowest BCUT2D eigenvalue weighted by Crippen LogP contribution is -2.05. The molecule has 0 amide bonds. The molecule has 0 unspecified atom stereocenters. The van der Waals surface area contributed by atoms with Gasteiger partial charge >= 0.3 is 0 Å². The molecule has 0 spiro atoms. The quantitative estimate of drug-likeness (QED) is 0.921. The van der Waals surface area contributed by atoms with E-state index < -0.39 is 15.7 Å². The number of nitrogens with zero attached hydrogens (tertiary/aromatic N) is 1. The predicted molar refractivity (Wildman–Crippen MR) is 75.7 cm³/mol. The fourth-order valence-corrected chi connectivity index (χ4v) is 2.57. The number of nitrogens with one attached hydrogen (secondary N) is 1. The van der Waals surface area contributed by atoms with E-state index in [1.807, 2.05) is 0 Å². The maximum Gasteiger partial charge on any atom is 0.178 e. The second-order valence-electron chi connectivity index (χ2n) is 4.23. The number of benzene rings is 1. The molecule has 0 aliphatic rings. The van der Waals surface area contributed by atoms with Crippen LogP contribution in [0, 0.1) is 5.82 Å². The second kappa shape index (κ2) is 6.00. The molecule has 0 saturated heterocycles. The minimum absolute atomic E-state index is 0.0732. The van der Waals surface area contributed by atoms with Gasteiger partial charge in [-0.05, 0) is 29.8 Å². The molecule has 1 aromatic carbocycles. The molecule has 20 heavy (non-hydrogen) atoms. The highest BCUT2D eigenvalue weighted by Crippen LogP contribution is 2.14. The molecular weight excluding hydrogens is 279 g/mol. The van der Waals surface area contributed by atoms with Crippen molar-refractivity contribution in [3.8, 4) is 0 Å². The van der Waals surface area contributed by atoms with Crippen molar-refractivity contribution in [2.75, 3.05) is 11.1 Å². The molecule has 4 nitrogen and oxygen atoms in total. The zero-order valence-corrected chi connectivity index (χ0v) is 11.8. The van der Waals surface area contributed by atoms with Gasteiger partial charge in [0.15, 0.2) is 21.5 Å². The Kier molecular flexibility index (Phi) is 4.34. The Hall–Kier alpha value is -1.95. The maximum absolute atomic E-state index is 13.4. The van der Waals surface area contributed by atoms with Crippen LogP contribution >= 0.6 is 0 Å². The van der Waals surface area contributed by atoms with Crippen molar-refractivity contribution >= 4 is 15.7 Å². The molecule has 1 aromatic heterocycles. The molecule has 0 fully saturated rings. The van der Waals surface area contributed by atoms with Gasteiger partial charge in [-0.3, -0.25) is 0 Å². The van der Waals surface area contributed by atoms with Crippen LogP contribution in [0.25, 0.3) is 0 Å². The van der Waals surface area contributed by atoms with Crippen molar-refractivity contribution in [1.82, 2.24) is 4.98 Å². The van der Waals surface area contributed by atoms with Crippen molar-refractivity contribution in [1.29, 1.82) is 0 Å². The van der Waals surface area contributed by atoms with Gasteiger partial charge in [-0.25, -0.2) is 17.8 Å².